The molecule has 1 aromatic carbocycles. The number of aryl methyl sites for hydroxylation is 1. The first kappa shape index (κ1) is 18.9. The molecule has 0 atom stereocenters. The Kier molecular flexibility index (Phi) is 5.42. The highest BCUT2D eigenvalue weighted by Gasteiger charge is 2.27. The molecule has 3 heterocycles. The van der Waals surface area contributed by atoms with E-state index in [1.165, 1.54) is 6.26 Å². The fourth-order valence-corrected chi connectivity index (χ4v) is 3.73. The van der Waals surface area contributed by atoms with Gasteiger partial charge in [0.05, 0.1) is 17.5 Å². The topological polar surface area (TPSA) is 66.7 Å². The molecule has 1 aliphatic heterocycles. The molecule has 3 aromatic rings. The predicted octanol–water partition coefficient (Wildman–Crippen LogP) is 3.64. The van der Waals surface area contributed by atoms with E-state index in [1.807, 2.05) is 48.2 Å². The molecular weight excluding hydrogens is 366 g/mol. The zero-order valence-electron chi connectivity index (χ0n) is 16.4. The fourth-order valence-electron chi connectivity index (χ4n) is 3.73. The Morgan fingerprint density at radius 2 is 1.62 bits per heavy atom. The summed E-state index contributed by atoms with van der Waals surface area (Å²) < 4.78 is 5.23. The van der Waals surface area contributed by atoms with Crippen molar-refractivity contribution < 1.29 is 14.0 Å². The molecule has 6 nitrogen and oxygen atoms in total. The van der Waals surface area contributed by atoms with E-state index in [1.54, 1.807) is 23.2 Å². The monoisotopic (exact) mass is 389 g/mol. The SMILES string of the molecule is Cc1nccc(-c2ccccc2)c1C(=O)N1CCCN(C(=O)c2ccco2)CC1. The summed E-state index contributed by atoms with van der Waals surface area (Å²) in [5.74, 6) is 0.160. The van der Waals surface area contributed by atoms with Crippen LogP contribution in [0.15, 0.2) is 65.4 Å². The van der Waals surface area contributed by atoms with Crippen molar-refractivity contribution in [2.45, 2.75) is 13.3 Å². The largest absolute Gasteiger partial charge is 0.459 e. The first-order valence-corrected chi connectivity index (χ1v) is 9.78. The second kappa shape index (κ2) is 8.31. The maximum atomic E-state index is 13.4. The number of rotatable bonds is 3. The number of carbonyl (C=O) groups is 2. The number of aromatic nitrogens is 1. The van der Waals surface area contributed by atoms with Crippen molar-refractivity contribution in [2.75, 3.05) is 26.2 Å². The molecule has 0 N–H and O–H groups in total. The number of furan rings is 1. The molecule has 0 radical (unpaired) electrons. The molecule has 2 aromatic heterocycles. The molecule has 0 spiro atoms. The van der Waals surface area contributed by atoms with Gasteiger partial charge in [-0.1, -0.05) is 30.3 Å². The van der Waals surface area contributed by atoms with E-state index in [9.17, 15) is 9.59 Å². The van der Waals surface area contributed by atoms with Crippen LogP contribution in [-0.4, -0.2) is 52.8 Å². The van der Waals surface area contributed by atoms with Gasteiger partial charge in [0.15, 0.2) is 5.76 Å². The van der Waals surface area contributed by atoms with Gasteiger partial charge in [-0.25, -0.2) is 0 Å². The quantitative estimate of drug-likeness (QED) is 0.686. The molecule has 0 bridgehead atoms. The van der Waals surface area contributed by atoms with Crippen molar-refractivity contribution in [1.29, 1.82) is 0 Å². The summed E-state index contributed by atoms with van der Waals surface area (Å²) in [6, 6.07) is 15.1. The van der Waals surface area contributed by atoms with Crippen LogP contribution in [0.4, 0.5) is 0 Å². The number of carbonyl (C=O) groups excluding carboxylic acids is 2. The fraction of sp³-hybridized carbons (Fsp3) is 0.261. The Hall–Kier alpha value is -3.41. The summed E-state index contributed by atoms with van der Waals surface area (Å²) in [5, 5.41) is 0. The summed E-state index contributed by atoms with van der Waals surface area (Å²) in [6.07, 6.45) is 3.95. The van der Waals surface area contributed by atoms with E-state index >= 15 is 0 Å². The van der Waals surface area contributed by atoms with E-state index in [2.05, 4.69) is 4.98 Å². The van der Waals surface area contributed by atoms with Gasteiger partial charge in [0.25, 0.3) is 11.8 Å². The Bertz CT molecular complexity index is 999. The zero-order valence-corrected chi connectivity index (χ0v) is 16.4. The average Bonchev–Trinajstić information content (AvgIpc) is 3.18. The molecule has 29 heavy (non-hydrogen) atoms. The number of nitrogens with zero attached hydrogens (tertiary/aromatic N) is 3. The number of amides is 2. The van der Waals surface area contributed by atoms with Crippen LogP contribution >= 0.6 is 0 Å². The maximum absolute atomic E-state index is 13.4. The molecular formula is C23H23N3O3. The Morgan fingerprint density at radius 3 is 2.31 bits per heavy atom. The molecule has 0 aliphatic carbocycles. The van der Waals surface area contributed by atoms with Gasteiger partial charge < -0.3 is 14.2 Å². The minimum Gasteiger partial charge on any atom is -0.459 e. The highest BCUT2D eigenvalue weighted by molar-refractivity contribution is 6.02. The standard InChI is InChI=1S/C23H23N3O3/c1-17-21(19(10-11-24-17)18-7-3-2-4-8-18)23(28)26-13-6-12-25(14-15-26)22(27)20-9-5-16-29-20/h2-5,7-11,16H,6,12-15H2,1H3. The normalized spacial score (nSPS) is 14.5. The molecule has 6 heteroatoms. The second-order valence-electron chi connectivity index (χ2n) is 7.10. The van der Waals surface area contributed by atoms with Crippen LogP contribution in [0.25, 0.3) is 11.1 Å². The number of benzene rings is 1. The van der Waals surface area contributed by atoms with Crippen LogP contribution in [0.1, 0.15) is 33.0 Å². The lowest BCUT2D eigenvalue weighted by Crippen LogP contribution is -2.37. The number of hydrogen-bond donors (Lipinski definition) is 0. The molecule has 4 rings (SSSR count). The molecule has 148 valence electrons. The Labute approximate surface area is 169 Å². The van der Waals surface area contributed by atoms with Gasteiger partial charge in [0, 0.05) is 32.4 Å². The van der Waals surface area contributed by atoms with Crippen molar-refractivity contribution in [3.05, 3.63) is 78.0 Å². The molecule has 0 unspecified atom stereocenters. The third kappa shape index (κ3) is 3.92. The van der Waals surface area contributed by atoms with Crippen molar-refractivity contribution in [3.63, 3.8) is 0 Å². The van der Waals surface area contributed by atoms with Crippen molar-refractivity contribution in [2.24, 2.45) is 0 Å². The molecule has 2 amide bonds. The molecule has 1 saturated heterocycles. The molecule has 0 saturated carbocycles. The lowest BCUT2D eigenvalue weighted by Gasteiger charge is -2.23. The first-order chi connectivity index (χ1) is 14.1. The van der Waals surface area contributed by atoms with E-state index in [4.69, 9.17) is 4.42 Å². The van der Waals surface area contributed by atoms with Crippen LogP contribution in [-0.2, 0) is 0 Å². The maximum Gasteiger partial charge on any atom is 0.289 e. The van der Waals surface area contributed by atoms with Crippen LogP contribution in [0.3, 0.4) is 0 Å². The minimum atomic E-state index is -0.133. The average molecular weight is 389 g/mol. The predicted molar refractivity (Wildman–Crippen MR) is 110 cm³/mol. The van der Waals surface area contributed by atoms with Crippen LogP contribution in [0.2, 0.25) is 0 Å². The van der Waals surface area contributed by atoms with E-state index in [0.717, 1.165) is 17.5 Å². The van der Waals surface area contributed by atoms with Crippen LogP contribution < -0.4 is 0 Å². The van der Waals surface area contributed by atoms with Crippen molar-refractivity contribution >= 4 is 11.8 Å². The number of pyridine rings is 1. The highest BCUT2D eigenvalue weighted by atomic mass is 16.3. The molecule has 1 fully saturated rings. The van der Waals surface area contributed by atoms with E-state index in [0.29, 0.717) is 43.2 Å². The smallest absolute Gasteiger partial charge is 0.289 e. The minimum absolute atomic E-state index is 0.0400. The summed E-state index contributed by atoms with van der Waals surface area (Å²) in [5.41, 5.74) is 3.22. The Balaban J connectivity index is 1.56. The van der Waals surface area contributed by atoms with Gasteiger partial charge in [-0.2, -0.15) is 0 Å². The lowest BCUT2D eigenvalue weighted by molar-refractivity contribution is 0.0700. The third-order valence-corrected chi connectivity index (χ3v) is 5.24. The van der Waals surface area contributed by atoms with Gasteiger partial charge >= 0.3 is 0 Å². The Morgan fingerprint density at radius 1 is 0.897 bits per heavy atom. The zero-order chi connectivity index (χ0) is 20.2. The summed E-state index contributed by atoms with van der Waals surface area (Å²) in [7, 11) is 0. The summed E-state index contributed by atoms with van der Waals surface area (Å²) in [4.78, 5) is 33.9. The van der Waals surface area contributed by atoms with Gasteiger partial charge in [-0.15, -0.1) is 0 Å². The van der Waals surface area contributed by atoms with Crippen molar-refractivity contribution in [3.8, 4) is 11.1 Å². The number of hydrogen-bond acceptors (Lipinski definition) is 4. The lowest BCUT2D eigenvalue weighted by atomic mass is 9.98. The summed E-state index contributed by atoms with van der Waals surface area (Å²) >= 11 is 0. The van der Waals surface area contributed by atoms with E-state index in [-0.39, 0.29) is 11.8 Å². The van der Waals surface area contributed by atoms with Gasteiger partial charge in [0.2, 0.25) is 0 Å². The van der Waals surface area contributed by atoms with Crippen molar-refractivity contribution in [1.82, 2.24) is 14.8 Å². The van der Waals surface area contributed by atoms with Gasteiger partial charge in [-0.05, 0) is 42.7 Å². The van der Waals surface area contributed by atoms with Crippen LogP contribution in [0.5, 0.6) is 0 Å². The first-order valence-electron chi connectivity index (χ1n) is 9.78. The van der Waals surface area contributed by atoms with Crippen LogP contribution in [0, 0.1) is 6.92 Å². The molecule has 1 aliphatic rings. The second-order valence-corrected chi connectivity index (χ2v) is 7.10. The van der Waals surface area contributed by atoms with E-state index < -0.39 is 0 Å². The third-order valence-electron chi connectivity index (χ3n) is 5.24. The summed E-state index contributed by atoms with van der Waals surface area (Å²) in [6.45, 7) is 4.02. The van der Waals surface area contributed by atoms with Gasteiger partial charge in [0.1, 0.15) is 0 Å². The van der Waals surface area contributed by atoms with Gasteiger partial charge in [-0.3, -0.25) is 14.6 Å². The highest BCUT2D eigenvalue weighted by Crippen LogP contribution is 2.26.